The molecule has 0 radical (unpaired) electrons. The summed E-state index contributed by atoms with van der Waals surface area (Å²) in [7, 11) is 0. The van der Waals surface area contributed by atoms with Gasteiger partial charge in [-0.15, -0.1) is 0 Å². The predicted octanol–water partition coefficient (Wildman–Crippen LogP) is 4.77. The first kappa shape index (κ1) is 35.9. The van der Waals surface area contributed by atoms with Crippen molar-refractivity contribution >= 4 is 11.9 Å². The molecule has 0 aromatic heterocycles. The highest BCUT2D eigenvalue weighted by atomic mass is 16.6. The van der Waals surface area contributed by atoms with Gasteiger partial charge in [0, 0.05) is 13.2 Å². The largest absolute Gasteiger partial charge is 0.487 e. The lowest BCUT2D eigenvalue weighted by atomic mass is 9.87. The Bertz CT molecular complexity index is 1230. The van der Waals surface area contributed by atoms with Crippen LogP contribution in [0, 0.1) is 0 Å². The smallest absolute Gasteiger partial charge is 0.317 e. The van der Waals surface area contributed by atoms with Gasteiger partial charge in [-0.05, 0) is 52.6 Å². The molecule has 3 rings (SSSR count). The number of nitrogens with zero attached hydrogens (tertiary/aromatic N) is 1. The normalized spacial score (nSPS) is 16.7. The second-order valence-corrected chi connectivity index (χ2v) is 13.1. The van der Waals surface area contributed by atoms with Crippen LogP contribution in [0.15, 0.2) is 36.4 Å². The van der Waals surface area contributed by atoms with Gasteiger partial charge in [-0.2, -0.15) is 0 Å². The average molecular weight is 632 g/mol. The van der Waals surface area contributed by atoms with E-state index in [2.05, 4.69) is 41.5 Å². The summed E-state index contributed by atoms with van der Waals surface area (Å²) in [4.78, 5) is 23.7. The van der Waals surface area contributed by atoms with Crippen LogP contribution in [-0.2, 0) is 29.9 Å². The van der Waals surface area contributed by atoms with Crippen LogP contribution in [0.3, 0.4) is 0 Å². The zero-order valence-electron chi connectivity index (χ0n) is 27.4. The van der Waals surface area contributed by atoms with E-state index < -0.39 is 18.0 Å². The van der Waals surface area contributed by atoms with Gasteiger partial charge in [-0.25, -0.2) is 0 Å². The van der Waals surface area contributed by atoms with E-state index in [1.165, 1.54) is 4.90 Å². The number of aliphatic carboxylic acids is 2. The van der Waals surface area contributed by atoms with E-state index >= 15 is 0 Å². The van der Waals surface area contributed by atoms with Gasteiger partial charge in [-0.1, -0.05) is 53.7 Å². The molecule has 250 valence electrons. The van der Waals surface area contributed by atoms with Gasteiger partial charge in [0.05, 0.1) is 26.3 Å². The van der Waals surface area contributed by atoms with E-state index in [4.69, 9.17) is 38.6 Å². The van der Waals surface area contributed by atoms with E-state index in [9.17, 15) is 9.59 Å². The van der Waals surface area contributed by atoms with Crippen LogP contribution in [0.5, 0.6) is 23.0 Å². The van der Waals surface area contributed by atoms with E-state index in [1.807, 2.05) is 36.4 Å². The molecular weight excluding hydrogens is 582 g/mol. The summed E-state index contributed by atoms with van der Waals surface area (Å²) in [5, 5.41) is 18.3. The Kier molecular flexibility index (Phi) is 13.3. The molecule has 1 unspecified atom stereocenters. The average Bonchev–Trinajstić information content (AvgIpc) is 2.94. The molecule has 1 aliphatic heterocycles. The number of hydrogen-bond acceptors (Lipinski definition) is 9. The quantitative estimate of drug-likeness (QED) is 0.371. The van der Waals surface area contributed by atoms with E-state index in [0.29, 0.717) is 55.8 Å². The van der Waals surface area contributed by atoms with Crippen molar-refractivity contribution in [3.05, 3.63) is 47.5 Å². The van der Waals surface area contributed by atoms with Crippen molar-refractivity contribution in [1.29, 1.82) is 0 Å². The number of benzene rings is 2. The highest BCUT2D eigenvalue weighted by Crippen LogP contribution is 2.35. The first-order valence-corrected chi connectivity index (χ1v) is 15.4. The minimum absolute atomic E-state index is 0.0879. The molecule has 1 heterocycles. The SMILES string of the molecule is CC(C)(C)c1ccc2c(c1)OCCOCCOc1ccc(C(C)(C)C)cc1OCC(OCCCN(CC(=O)O)CC(=O)O)CO2. The number of rotatable bonds is 9. The number of fused-ring (bicyclic) bond motifs is 2. The summed E-state index contributed by atoms with van der Waals surface area (Å²) < 4.78 is 36.6. The van der Waals surface area contributed by atoms with Crippen LogP contribution in [0.1, 0.15) is 59.1 Å². The molecule has 0 fully saturated rings. The summed E-state index contributed by atoms with van der Waals surface area (Å²) in [6.45, 7) is 14.2. The minimum Gasteiger partial charge on any atom is -0.487 e. The summed E-state index contributed by atoms with van der Waals surface area (Å²) in [5.41, 5.74) is 1.99. The van der Waals surface area contributed by atoms with Crippen molar-refractivity contribution in [1.82, 2.24) is 4.90 Å². The third-order valence-electron chi connectivity index (χ3n) is 7.13. The van der Waals surface area contributed by atoms with Crippen LogP contribution in [0.2, 0.25) is 0 Å². The van der Waals surface area contributed by atoms with Gasteiger partial charge < -0.3 is 38.6 Å². The highest BCUT2D eigenvalue weighted by Gasteiger charge is 2.22. The minimum atomic E-state index is -1.09. The number of carboxylic acid groups (broad SMARTS) is 2. The second-order valence-electron chi connectivity index (χ2n) is 13.1. The Labute approximate surface area is 266 Å². The molecule has 2 aromatic carbocycles. The van der Waals surface area contributed by atoms with Crippen molar-refractivity contribution in [2.45, 2.75) is 64.9 Å². The Hall–Kier alpha value is -3.54. The molecule has 1 aliphatic rings. The Morgan fingerprint density at radius 2 is 1.20 bits per heavy atom. The van der Waals surface area contributed by atoms with Crippen LogP contribution in [-0.4, -0.2) is 99.0 Å². The molecule has 0 aliphatic carbocycles. The standard InChI is InChI=1S/C34H49NO10/c1-33(2,3)24-9-11-28-29(18-24)43-17-15-40-14-16-42-27-10-8-25(34(4,5)6)19-30(27)45-23-26(22-44-28)41-13-7-12-35(20-31(36)37)21-32(38)39/h8-11,18-19,26H,7,12-17,20-23H2,1-6H3,(H,36,37)(H,38,39). The van der Waals surface area contributed by atoms with Crippen molar-refractivity contribution < 1.29 is 48.2 Å². The molecule has 11 nitrogen and oxygen atoms in total. The lowest BCUT2D eigenvalue weighted by Crippen LogP contribution is -2.36. The van der Waals surface area contributed by atoms with Crippen LogP contribution in [0.25, 0.3) is 0 Å². The second kappa shape index (κ2) is 16.7. The number of carbonyl (C=O) groups is 2. The number of carboxylic acids is 2. The molecule has 45 heavy (non-hydrogen) atoms. The van der Waals surface area contributed by atoms with Gasteiger partial charge >= 0.3 is 11.9 Å². The van der Waals surface area contributed by atoms with Crippen LogP contribution < -0.4 is 18.9 Å². The molecule has 2 aromatic rings. The molecule has 0 amide bonds. The molecule has 0 saturated heterocycles. The van der Waals surface area contributed by atoms with Gasteiger partial charge in [0.15, 0.2) is 23.0 Å². The third kappa shape index (κ3) is 12.4. The summed E-state index contributed by atoms with van der Waals surface area (Å²) in [6, 6.07) is 11.8. The molecule has 0 saturated carbocycles. The Morgan fingerprint density at radius 1 is 0.733 bits per heavy atom. The Morgan fingerprint density at radius 3 is 1.71 bits per heavy atom. The molecule has 0 bridgehead atoms. The predicted molar refractivity (Wildman–Crippen MR) is 169 cm³/mol. The van der Waals surface area contributed by atoms with E-state index in [1.54, 1.807) is 0 Å². The van der Waals surface area contributed by atoms with Crippen molar-refractivity contribution in [3.63, 3.8) is 0 Å². The third-order valence-corrected chi connectivity index (χ3v) is 7.13. The first-order chi connectivity index (χ1) is 21.2. The molecule has 11 heteroatoms. The molecular formula is C34H49NO10. The van der Waals surface area contributed by atoms with Crippen molar-refractivity contribution in [3.8, 4) is 23.0 Å². The highest BCUT2D eigenvalue weighted by molar-refractivity contribution is 5.72. The van der Waals surface area contributed by atoms with Crippen molar-refractivity contribution in [2.24, 2.45) is 0 Å². The Balaban J connectivity index is 1.82. The maximum absolute atomic E-state index is 11.2. The van der Waals surface area contributed by atoms with Gasteiger partial charge in [0.1, 0.15) is 32.5 Å². The van der Waals surface area contributed by atoms with Crippen LogP contribution >= 0.6 is 0 Å². The van der Waals surface area contributed by atoms with Gasteiger partial charge in [-0.3, -0.25) is 14.5 Å². The van der Waals surface area contributed by atoms with Crippen molar-refractivity contribution in [2.75, 3.05) is 65.9 Å². The molecule has 0 spiro atoms. The fourth-order valence-corrected chi connectivity index (χ4v) is 4.58. The number of ether oxygens (including phenoxy) is 6. The summed E-state index contributed by atoms with van der Waals surface area (Å²) >= 11 is 0. The maximum Gasteiger partial charge on any atom is 0.317 e. The van der Waals surface area contributed by atoms with E-state index in [-0.39, 0.29) is 50.3 Å². The zero-order valence-corrected chi connectivity index (χ0v) is 27.4. The number of hydrogen-bond donors (Lipinski definition) is 2. The summed E-state index contributed by atoms with van der Waals surface area (Å²) in [5.74, 6) is 0.162. The fraction of sp³-hybridized carbons (Fsp3) is 0.588. The first-order valence-electron chi connectivity index (χ1n) is 15.4. The molecule has 2 N–H and O–H groups in total. The van der Waals surface area contributed by atoms with Gasteiger partial charge in [0.2, 0.25) is 0 Å². The lowest BCUT2D eigenvalue weighted by molar-refractivity contribution is -0.141. The molecule has 1 atom stereocenters. The zero-order chi connectivity index (χ0) is 33.0. The summed E-state index contributed by atoms with van der Waals surface area (Å²) in [6.07, 6.45) is -0.102. The maximum atomic E-state index is 11.2. The van der Waals surface area contributed by atoms with Gasteiger partial charge in [0.25, 0.3) is 0 Å². The monoisotopic (exact) mass is 631 g/mol. The fourth-order valence-electron chi connectivity index (χ4n) is 4.58. The topological polar surface area (TPSA) is 133 Å². The van der Waals surface area contributed by atoms with E-state index in [0.717, 1.165) is 11.1 Å². The lowest BCUT2D eigenvalue weighted by Gasteiger charge is -2.25. The van der Waals surface area contributed by atoms with Crippen LogP contribution in [0.4, 0.5) is 0 Å².